The molecule has 0 spiro atoms. The van der Waals surface area contributed by atoms with E-state index in [2.05, 4.69) is 11.4 Å². The van der Waals surface area contributed by atoms with Gasteiger partial charge in [-0.3, -0.25) is 9.59 Å². The van der Waals surface area contributed by atoms with Gasteiger partial charge in [-0.1, -0.05) is 18.2 Å². The zero-order chi connectivity index (χ0) is 22.8. The molecule has 0 N–H and O–H groups in total. The quantitative estimate of drug-likeness (QED) is 0.588. The molecule has 33 heavy (non-hydrogen) atoms. The molecular formula is C26H32N2O4S. The maximum atomic E-state index is 13.6. The van der Waals surface area contributed by atoms with Crippen LogP contribution >= 0.6 is 11.3 Å². The van der Waals surface area contributed by atoms with Gasteiger partial charge >= 0.3 is 0 Å². The highest BCUT2D eigenvalue weighted by Crippen LogP contribution is 2.35. The van der Waals surface area contributed by atoms with Gasteiger partial charge in [-0.2, -0.15) is 0 Å². The maximum absolute atomic E-state index is 13.6. The standard InChI is InChI=1S/C26H32N2O4S/c1-18-5-2-3-7-23(18)32-17-22-21-11-14-33-24(21)10-12-28(22)25(29)16-27(26(30)19-8-9-19)15-20-6-4-13-31-20/h2-3,5,7,11,14,19-20,22H,4,6,8-10,12-13,15-17H2,1H3. The van der Waals surface area contributed by atoms with E-state index in [9.17, 15) is 9.59 Å². The van der Waals surface area contributed by atoms with Crippen LogP contribution in [0.2, 0.25) is 0 Å². The second-order valence-electron chi connectivity index (χ2n) is 9.36. The van der Waals surface area contributed by atoms with E-state index in [0.717, 1.165) is 50.0 Å². The van der Waals surface area contributed by atoms with Crippen LogP contribution in [0.1, 0.15) is 47.7 Å². The van der Waals surface area contributed by atoms with Crippen molar-refractivity contribution in [1.29, 1.82) is 0 Å². The summed E-state index contributed by atoms with van der Waals surface area (Å²) in [4.78, 5) is 31.6. The van der Waals surface area contributed by atoms with Crippen LogP contribution < -0.4 is 4.74 Å². The topological polar surface area (TPSA) is 59.1 Å². The number of hydrogen-bond acceptors (Lipinski definition) is 5. The van der Waals surface area contributed by atoms with Crippen LogP contribution in [0.4, 0.5) is 0 Å². The summed E-state index contributed by atoms with van der Waals surface area (Å²) in [7, 11) is 0. The average molecular weight is 469 g/mol. The summed E-state index contributed by atoms with van der Waals surface area (Å²) in [5.41, 5.74) is 2.25. The van der Waals surface area contributed by atoms with Gasteiger partial charge in [-0.05, 0) is 67.7 Å². The Kier molecular flexibility index (Phi) is 6.69. The third-order valence-electron chi connectivity index (χ3n) is 6.92. The molecule has 2 aliphatic heterocycles. The number of carbonyl (C=O) groups excluding carboxylic acids is 2. The lowest BCUT2D eigenvalue weighted by Gasteiger charge is -2.37. The lowest BCUT2D eigenvalue weighted by molar-refractivity contribution is -0.144. The van der Waals surface area contributed by atoms with Crippen LogP contribution in [0.3, 0.4) is 0 Å². The third kappa shape index (κ3) is 5.09. The van der Waals surface area contributed by atoms with Crippen LogP contribution in [0.25, 0.3) is 0 Å². The summed E-state index contributed by atoms with van der Waals surface area (Å²) in [5.74, 6) is 1.04. The highest BCUT2D eigenvalue weighted by molar-refractivity contribution is 7.10. The summed E-state index contributed by atoms with van der Waals surface area (Å²) in [6.07, 6.45) is 4.74. The Bertz CT molecular complexity index is 996. The monoisotopic (exact) mass is 468 g/mol. The van der Waals surface area contributed by atoms with E-state index in [-0.39, 0.29) is 36.4 Å². The first-order valence-electron chi connectivity index (χ1n) is 12.0. The number of ether oxygens (including phenoxy) is 2. The fraction of sp³-hybridized carbons (Fsp3) is 0.538. The predicted molar refractivity (Wildman–Crippen MR) is 127 cm³/mol. The molecule has 2 atom stereocenters. The Morgan fingerprint density at radius 2 is 2.06 bits per heavy atom. The van der Waals surface area contributed by atoms with Gasteiger partial charge in [0.2, 0.25) is 11.8 Å². The number of carbonyl (C=O) groups is 2. The molecule has 1 saturated heterocycles. The van der Waals surface area contributed by atoms with E-state index in [1.807, 2.05) is 36.1 Å². The van der Waals surface area contributed by atoms with E-state index in [0.29, 0.717) is 19.7 Å². The van der Waals surface area contributed by atoms with Crippen LogP contribution in [-0.4, -0.2) is 60.6 Å². The van der Waals surface area contributed by atoms with Gasteiger partial charge in [0, 0.05) is 30.5 Å². The van der Waals surface area contributed by atoms with Crippen LogP contribution in [0, 0.1) is 12.8 Å². The van der Waals surface area contributed by atoms with Gasteiger partial charge < -0.3 is 19.3 Å². The van der Waals surface area contributed by atoms with Gasteiger partial charge in [0.25, 0.3) is 0 Å². The largest absolute Gasteiger partial charge is 0.491 e. The number of nitrogens with zero attached hydrogens (tertiary/aromatic N) is 2. The first kappa shape index (κ1) is 22.4. The Labute approximate surface area is 199 Å². The van der Waals surface area contributed by atoms with Crippen molar-refractivity contribution in [3.8, 4) is 5.75 Å². The van der Waals surface area contributed by atoms with Crippen molar-refractivity contribution in [2.45, 2.75) is 51.2 Å². The van der Waals surface area contributed by atoms with Crippen LogP contribution in [0.5, 0.6) is 5.75 Å². The Morgan fingerprint density at radius 3 is 2.82 bits per heavy atom. The highest BCUT2D eigenvalue weighted by Gasteiger charge is 2.38. The lowest BCUT2D eigenvalue weighted by atomic mass is 10.00. The van der Waals surface area contributed by atoms with E-state index in [1.165, 1.54) is 10.4 Å². The molecule has 3 aliphatic rings. The van der Waals surface area contributed by atoms with Crippen molar-refractivity contribution in [3.63, 3.8) is 0 Å². The first-order valence-corrected chi connectivity index (χ1v) is 12.9. The minimum Gasteiger partial charge on any atom is -0.491 e. The number of amides is 2. The first-order chi connectivity index (χ1) is 16.1. The van der Waals surface area contributed by atoms with Crippen LogP contribution in [-0.2, 0) is 20.7 Å². The van der Waals surface area contributed by atoms with Crippen LogP contribution in [0.15, 0.2) is 35.7 Å². The molecule has 0 bridgehead atoms. The molecule has 2 fully saturated rings. The molecule has 1 aromatic heterocycles. The Morgan fingerprint density at radius 1 is 1.21 bits per heavy atom. The average Bonchev–Trinajstić information content (AvgIpc) is 3.32. The summed E-state index contributed by atoms with van der Waals surface area (Å²) >= 11 is 1.75. The molecule has 5 rings (SSSR count). The molecule has 1 aromatic carbocycles. The molecule has 6 nitrogen and oxygen atoms in total. The van der Waals surface area contributed by atoms with Crippen molar-refractivity contribution >= 4 is 23.2 Å². The summed E-state index contributed by atoms with van der Waals surface area (Å²) in [6.45, 7) is 4.47. The fourth-order valence-corrected chi connectivity index (χ4v) is 5.80. The molecule has 2 amide bonds. The zero-order valence-electron chi connectivity index (χ0n) is 19.2. The van der Waals surface area contributed by atoms with Gasteiger partial charge in [0.05, 0.1) is 18.7 Å². The summed E-state index contributed by atoms with van der Waals surface area (Å²) in [6, 6.07) is 9.93. The van der Waals surface area contributed by atoms with E-state index in [1.54, 1.807) is 16.2 Å². The summed E-state index contributed by atoms with van der Waals surface area (Å²) in [5, 5.41) is 2.10. The number of hydrogen-bond donors (Lipinski definition) is 0. The molecule has 176 valence electrons. The van der Waals surface area contributed by atoms with Crippen molar-refractivity contribution in [2.24, 2.45) is 5.92 Å². The van der Waals surface area contributed by atoms with E-state index < -0.39 is 0 Å². The fourth-order valence-electron chi connectivity index (χ4n) is 4.87. The second kappa shape index (κ2) is 9.85. The SMILES string of the molecule is Cc1ccccc1OCC1c2ccsc2CCN1C(=O)CN(CC1CCCO1)C(=O)C1CC1. The van der Waals surface area contributed by atoms with Gasteiger partial charge in [-0.15, -0.1) is 11.3 Å². The van der Waals surface area contributed by atoms with Crippen molar-refractivity contribution < 1.29 is 19.1 Å². The molecule has 7 heteroatoms. The van der Waals surface area contributed by atoms with Crippen molar-refractivity contribution in [3.05, 3.63) is 51.7 Å². The molecule has 1 aliphatic carbocycles. The third-order valence-corrected chi connectivity index (χ3v) is 7.91. The Balaban J connectivity index is 1.32. The number of fused-ring (bicyclic) bond motifs is 1. The van der Waals surface area contributed by atoms with Gasteiger partial charge in [0.15, 0.2) is 0 Å². The molecule has 3 heterocycles. The normalized spacial score (nSPS) is 22.2. The van der Waals surface area contributed by atoms with Gasteiger partial charge in [0.1, 0.15) is 12.4 Å². The van der Waals surface area contributed by atoms with Gasteiger partial charge in [-0.25, -0.2) is 0 Å². The van der Waals surface area contributed by atoms with Crippen molar-refractivity contribution in [1.82, 2.24) is 9.80 Å². The number of para-hydroxylation sites is 1. The smallest absolute Gasteiger partial charge is 0.242 e. The number of rotatable bonds is 8. The second-order valence-corrected chi connectivity index (χ2v) is 10.4. The zero-order valence-corrected chi connectivity index (χ0v) is 20.0. The van der Waals surface area contributed by atoms with E-state index in [4.69, 9.17) is 9.47 Å². The molecule has 2 unspecified atom stereocenters. The minimum atomic E-state index is -0.146. The number of thiophene rings is 1. The maximum Gasteiger partial charge on any atom is 0.242 e. The molecular weight excluding hydrogens is 436 g/mol. The lowest BCUT2D eigenvalue weighted by Crippen LogP contribution is -2.49. The molecule has 0 radical (unpaired) electrons. The molecule has 1 saturated carbocycles. The highest BCUT2D eigenvalue weighted by atomic mass is 32.1. The molecule has 2 aromatic rings. The van der Waals surface area contributed by atoms with E-state index >= 15 is 0 Å². The minimum absolute atomic E-state index is 0.00256. The number of aryl methyl sites for hydroxylation is 1. The summed E-state index contributed by atoms with van der Waals surface area (Å²) < 4.78 is 12.0. The predicted octanol–water partition coefficient (Wildman–Crippen LogP) is 3.98. The number of benzene rings is 1. The Hall–Kier alpha value is -2.38. The van der Waals surface area contributed by atoms with Crippen molar-refractivity contribution in [2.75, 3.05) is 32.8 Å².